The Labute approximate surface area is 334 Å². The number of nitrogens with one attached hydrogen (secondary N) is 2. The predicted molar refractivity (Wildman–Crippen MR) is 218 cm³/mol. The smallest absolute Gasteiger partial charge is 0.222 e. The molecule has 4 N–H and O–H groups in total. The number of aromatic nitrogens is 2. The summed E-state index contributed by atoms with van der Waals surface area (Å²) in [5.74, 6) is -1.04. The van der Waals surface area contributed by atoms with E-state index in [1.165, 1.54) is 83.5 Å². The van der Waals surface area contributed by atoms with Gasteiger partial charge in [-0.1, -0.05) is 96.8 Å². The molecule has 2 amide bonds. The first-order chi connectivity index (χ1) is 27.0. The molecule has 0 aliphatic heterocycles. The largest absolute Gasteiger partial charge is 0.379 e. The maximum atomic E-state index is 12.3. The number of hydrogen-bond acceptors (Lipinski definition) is 10. The zero-order valence-electron chi connectivity index (χ0n) is 34.5. The van der Waals surface area contributed by atoms with Crippen LogP contribution in [-0.2, 0) is 49.2 Å². The Morgan fingerprint density at radius 3 is 1.58 bits per heavy atom. The molecule has 0 aliphatic carbocycles. The summed E-state index contributed by atoms with van der Waals surface area (Å²) in [7, 11) is 0. The molecule has 0 saturated heterocycles. The average molecular weight is 785 g/mol. The Bertz CT molecular complexity index is 1010. The quantitative estimate of drug-likeness (QED) is 0.0591. The first-order valence-corrected chi connectivity index (χ1v) is 21.5. The number of nitrogens with zero attached hydrogens (tertiary/aromatic N) is 1. The molecule has 1 aromatic heterocycles. The number of aromatic amines is 1. The number of imidazole rings is 1. The number of Topliss-reactive ketones (excluding diaryl/α,β-unsaturated/α-hetero) is 1. The van der Waals surface area contributed by atoms with Crippen LogP contribution in [0.1, 0.15) is 142 Å². The van der Waals surface area contributed by atoms with E-state index < -0.39 is 11.8 Å². The Morgan fingerprint density at radius 1 is 0.636 bits per heavy atom. The van der Waals surface area contributed by atoms with Gasteiger partial charge in [-0.2, -0.15) is 0 Å². The summed E-state index contributed by atoms with van der Waals surface area (Å²) < 4.78 is 33.3. The molecule has 0 saturated carbocycles. The van der Waals surface area contributed by atoms with Gasteiger partial charge in [0.05, 0.1) is 79.0 Å². The normalized spacial score (nSPS) is 11.9. The zero-order valence-corrected chi connectivity index (χ0v) is 34.5. The van der Waals surface area contributed by atoms with Crippen LogP contribution in [-0.4, -0.2) is 113 Å². The summed E-state index contributed by atoms with van der Waals surface area (Å²) in [4.78, 5) is 43.0. The van der Waals surface area contributed by atoms with Crippen LogP contribution < -0.4 is 11.1 Å². The van der Waals surface area contributed by atoms with Gasteiger partial charge in [-0.25, -0.2) is 4.98 Å². The van der Waals surface area contributed by atoms with Crippen molar-refractivity contribution in [3.63, 3.8) is 0 Å². The van der Waals surface area contributed by atoms with Gasteiger partial charge in [-0.3, -0.25) is 14.4 Å². The lowest BCUT2D eigenvalue weighted by molar-refractivity contribution is -0.127. The van der Waals surface area contributed by atoms with Crippen LogP contribution in [0.15, 0.2) is 12.5 Å². The molecule has 1 rings (SSSR count). The Morgan fingerprint density at radius 2 is 1.11 bits per heavy atom. The highest BCUT2D eigenvalue weighted by atomic mass is 16.6. The van der Waals surface area contributed by atoms with Crippen molar-refractivity contribution in [2.75, 3.05) is 85.8 Å². The van der Waals surface area contributed by atoms with E-state index in [2.05, 4.69) is 22.2 Å². The highest BCUT2D eigenvalue weighted by Crippen LogP contribution is 2.15. The molecule has 13 nitrogen and oxygen atoms in total. The highest BCUT2D eigenvalue weighted by Gasteiger charge is 2.19. The number of ether oxygens (including phenoxy) is 6. The zero-order chi connectivity index (χ0) is 39.7. The maximum absolute atomic E-state index is 12.3. The molecule has 322 valence electrons. The molecule has 55 heavy (non-hydrogen) atoms. The van der Waals surface area contributed by atoms with Gasteiger partial charge in [0.25, 0.3) is 0 Å². The lowest BCUT2D eigenvalue weighted by Gasteiger charge is -2.12. The topological polar surface area (TPSA) is 173 Å². The van der Waals surface area contributed by atoms with Crippen molar-refractivity contribution in [1.82, 2.24) is 15.3 Å². The summed E-state index contributed by atoms with van der Waals surface area (Å²) in [6.07, 6.45) is 25.6. The second-order valence-corrected chi connectivity index (χ2v) is 14.3. The Balaban J connectivity index is 0.0000302. The third-order valence-corrected chi connectivity index (χ3v) is 9.38. The van der Waals surface area contributed by atoms with Crippen LogP contribution in [0.5, 0.6) is 0 Å². The number of hydrogen-bond donors (Lipinski definition) is 3. The van der Waals surface area contributed by atoms with Crippen molar-refractivity contribution < 1.29 is 44.2 Å². The summed E-state index contributed by atoms with van der Waals surface area (Å²) in [6.45, 7) is 8.96. The monoisotopic (exact) mass is 785 g/mol. The number of nitrogens with two attached hydrogens (primary N) is 1. The van der Waals surface area contributed by atoms with Crippen molar-refractivity contribution in [1.29, 1.82) is 0 Å². The van der Waals surface area contributed by atoms with Crippen LogP contribution in [0.4, 0.5) is 0 Å². The molecule has 0 fully saturated rings. The van der Waals surface area contributed by atoms with Crippen molar-refractivity contribution in [2.24, 2.45) is 11.7 Å². The third-order valence-electron chi connectivity index (χ3n) is 9.38. The van der Waals surface area contributed by atoms with E-state index in [1.54, 1.807) is 12.5 Å². The predicted octanol–water partition coefficient (Wildman–Crippen LogP) is 6.91. The van der Waals surface area contributed by atoms with Crippen molar-refractivity contribution in [3.8, 4) is 0 Å². The molecule has 13 heteroatoms. The Kier molecular flexibility index (Phi) is 36.6. The van der Waals surface area contributed by atoms with Gasteiger partial charge in [0.1, 0.15) is 5.78 Å². The van der Waals surface area contributed by atoms with E-state index in [1.807, 2.05) is 0 Å². The molecule has 0 bridgehead atoms. The van der Waals surface area contributed by atoms with Gasteiger partial charge in [0.2, 0.25) is 11.8 Å². The third kappa shape index (κ3) is 35.7. The molecule has 1 aromatic rings. The van der Waals surface area contributed by atoms with E-state index in [-0.39, 0.29) is 26.0 Å². The number of amides is 2. The number of primary amides is 1. The van der Waals surface area contributed by atoms with Gasteiger partial charge in [0.15, 0.2) is 0 Å². The molecule has 0 unspecified atom stereocenters. The molecular formula is C42H80N4O9. The number of ketones is 1. The van der Waals surface area contributed by atoms with E-state index in [0.717, 1.165) is 18.7 Å². The number of carbonyl (C=O) groups excluding carboxylic acids is 3. The number of unbranched alkanes of at least 4 members (excludes halogenated alkanes) is 14. The maximum Gasteiger partial charge on any atom is 0.222 e. The summed E-state index contributed by atoms with van der Waals surface area (Å²) in [6, 6.07) is 0. The second kappa shape index (κ2) is 39.8. The summed E-state index contributed by atoms with van der Waals surface area (Å²) in [5, 5.41) is 2.86. The van der Waals surface area contributed by atoms with Crippen LogP contribution in [0.2, 0.25) is 0 Å². The summed E-state index contributed by atoms with van der Waals surface area (Å²) in [5.41, 5.74) is 6.39. The van der Waals surface area contributed by atoms with Crippen LogP contribution in [0.25, 0.3) is 0 Å². The van der Waals surface area contributed by atoms with Gasteiger partial charge < -0.3 is 44.5 Å². The van der Waals surface area contributed by atoms with E-state index in [4.69, 9.17) is 34.2 Å². The van der Waals surface area contributed by atoms with Gasteiger partial charge >= 0.3 is 0 Å². The minimum absolute atomic E-state index is 0. The molecule has 0 aliphatic rings. The standard InChI is InChI=1S/C42H78N4O9.H2/c1-2-3-4-5-6-7-8-9-10-11-12-13-14-17-23-50-25-27-52-29-31-54-33-34-55-32-30-53-28-26-51-24-21-41(48)45-22-16-15-18-38(42(43)49)35-40(47)20-19-39-36-44-37-46-39;/h36-38H,2-35H2,1H3,(H2,43,49)(H,44,46)(H,45,48);1H/t38-;/m1./s1. The highest BCUT2D eigenvalue weighted by molar-refractivity contribution is 5.86. The van der Waals surface area contributed by atoms with Crippen molar-refractivity contribution in [3.05, 3.63) is 18.2 Å². The van der Waals surface area contributed by atoms with Gasteiger partial charge in [-0.15, -0.1) is 0 Å². The average Bonchev–Trinajstić information content (AvgIpc) is 3.71. The first-order valence-electron chi connectivity index (χ1n) is 21.5. The fourth-order valence-electron chi connectivity index (χ4n) is 6.01. The first kappa shape index (κ1) is 50.6. The molecule has 1 atom stereocenters. The summed E-state index contributed by atoms with van der Waals surface area (Å²) >= 11 is 0. The fourth-order valence-corrected chi connectivity index (χ4v) is 6.01. The molecule has 0 radical (unpaired) electrons. The number of H-pyrrole nitrogens is 1. The SMILES string of the molecule is CCCCCCCCCCCCCCCCOCCOCCOCCOCCOCCOCCC(=O)NCCCC[C@H](CC(=O)CCc1cnc[nH]1)C(N)=O.[HH]. The minimum Gasteiger partial charge on any atom is -0.379 e. The van der Waals surface area contributed by atoms with Crippen molar-refractivity contribution >= 4 is 17.6 Å². The van der Waals surface area contributed by atoms with Gasteiger partial charge in [-0.05, 0) is 25.7 Å². The minimum atomic E-state index is -0.485. The molecule has 0 aromatic carbocycles. The van der Waals surface area contributed by atoms with Crippen LogP contribution >= 0.6 is 0 Å². The van der Waals surface area contributed by atoms with E-state index >= 15 is 0 Å². The number of rotatable bonds is 44. The Hall–Kier alpha value is -2.42. The molecular weight excluding hydrogens is 704 g/mol. The number of carbonyl (C=O) groups is 3. The molecule has 1 heterocycles. The van der Waals surface area contributed by atoms with Crippen molar-refractivity contribution in [2.45, 2.75) is 142 Å². The lowest BCUT2D eigenvalue weighted by Crippen LogP contribution is -2.27. The van der Waals surface area contributed by atoms with E-state index in [9.17, 15) is 14.4 Å². The lowest BCUT2D eigenvalue weighted by atomic mass is 9.94. The fraction of sp³-hybridized carbons (Fsp3) is 0.857. The van der Waals surface area contributed by atoms with Crippen LogP contribution in [0.3, 0.4) is 0 Å². The van der Waals surface area contributed by atoms with Crippen LogP contribution in [0, 0.1) is 5.92 Å². The second-order valence-electron chi connectivity index (χ2n) is 14.3. The van der Waals surface area contributed by atoms with E-state index in [0.29, 0.717) is 111 Å². The van der Waals surface area contributed by atoms with Gasteiger partial charge in [0, 0.05) is 51.6 Å². The molecule has 0 spiro atoms. The number of aryl methyl sites for hydroxylation is 1.